The quantitative estimate of drug-likeness (QED) is 0.798. The molecule has 0 saturated heterocycles. The largest absolute Gasteiger partial charge is 0.507 e. The molecule has 0 amide bonds. The molecule has 0 atom stereocenters. The Morgan fingerprint density at radius 1 is 0.632 bits per heavy atom. The Morgan fingerprint density at radius 2 is 1.11 bits per heavy atom. The second-order valence-electron chi connectivity index (χ2n) is 5.30. The monoisotopic (exact) mass is 256 g/mol. The van der Waals surface area contributed by atoms with E-state index in [-0.39, 0.29) is 0 Å². The normalized spacial score (nSPS) is 10.8. The van der Waals surface area contributed by atoms with Crippen LogP contribution in [0.2, 0.25) is 0 Å². The fourth-order valence-corrected chi connectivity index (χ4v) is 2.48. The Morgan fingerprint density at radius 3 is 1.63 bits per heavy atom. The highest BCUT2D eigenvalue weighted by Crippen LogP contribution is 2.36. The Bertz CT molecular complexity index is 632. The van der Waals surface area contributed by atoms with E-state index in [4.69, 9.17) is 0 Å². The average molecular weight is 256 g/mol. The maximum atomic E-state index is 9.97. The minimum atomic E-state index is 0.355. The number of benzene rings is 2. The van der Waals surface area contributed by atoms with Gasteiger partial charge in [0.1, 0.15) is 11.5 Å². The van der Waals surface area contributed by atoms with Gasteiger partial charge in [0.05, 0.1) is 0 Å². The molecule has 2 heteroatoms. The van der Waals surface area contributed by atoms with E-state index >= 15 is 0 Å². The van der Waals surface area contributed by atoms with Gasteiger partial charge in [0, 0.05) is 0 Å². The van der Waals surface area contributed by atoms with E-state index in [1.807, 2.05) is 52.8 Å². The topological polar surface area (TPSA) is 40.5 Å². The molecule has 19 heavy (non-hydrogen) atoms. The van der Waals surface area contributed by atoms with Gasteiger partial charge in [0.25, 0.3) is 0 Å². The number of aryl methyl sites for hydroxylation is 3. The Labute approximate surface area is 114 Å². The molecule has 2 aromatic carbocycles. The van der Waals surface area contributed by atoms with Gasteiger partial charge in [-0.2, -0.15) is 0 Å². The van der Waals surface area contributed by atoms with Crippen LogP contribution in [0.25, 0.3) is 11.1 Å². The lowest BCUT2D eigenvalue weighted by Gasteiger charge is -2.15. The molecular formula is C17H20O2. The van der Waals surface area contributed by atoms with Crippen molar-refractivity contribution < 1.29 is 10.2 Å². The van der Waals surface area contributed by atoms with Crippen LogP contribution < -0.4 is 0 Å². The summed E-state index contributed by atoms with van der Waals surface area (Å²) in [5.41, 5.74) is 6.80. The lowest BCUT2D eigenvalue weighted by Crippen LogP contribution is -1.93. The van der Waals surface area contributed by atoms with Crippen LogP contribution in [0, 0.1) is 34.6 Å². The minimum Gasteiger partial charge on any atom is -0.507 e. The van der Waals surface area contributed by atoms with Gasteiger partial charge in [-0.1, -0.05) is 0 Å². The summed E-state index contributed by atoms with van der Waals surface area (Å²) in [5, 5.41) is 19.8. The highest BCUT2D eigenvalue weighted by Gasteiger charge is 2.12. The third-order valence-electron chi connectivity index (χ3n) is 3.86. The Hall–Kier alpha value is -1.96. The molecule has 0 aliphatic heterocycles. The summed E-state index contributed by atoms with van der Waals surface area (Å²) in [6.45, 7) is 9.66. The van der Waals surface area contributed by atoms with Crippen LogP contribution in [0.15, 0.2) is 18.2 Å². The first-order valence-electron chi connectivity index (χ1n) is 6.43. The van der Waals surface area contributed by atoms with Crippen LogP contribution in [0.1, 0.15) is 27.8 Å². The van der Waals surface area contributed by atoms with E-state index < -0.39 is 0 Å². The lowest BCUT2D eigenvalue weighted by atomic mass is 9.92. The highest BCUT2D eigenvalue weighted by atomic mass is 16.3. The second-order valence-corrected chi connectivity index (χ2v) is 5.30. The summed E-state index contributed by atoms with van der Waals surface area (Å²) in [6, 6.07) is 5.98. The second kappa shape index (κ2) is 4.61. The van der Waals surface area contributed by atoms with Crippen LogP contribution >= 0.6 is 0 Å². The van der Waals surface area contributed by atoms with Crippen molar-refractivity contribution in [1.29, 1.82) is 0 Å². The van der Waals surface area contributed by atoms with Gasteiger partial charge in [-0.25, -0.2) is 0 Å². The van der Waals surface area contributed by atoms with Gasteiger partial charge >= 0.3 is 0 Å². The molecule has 0 fully saturated rings. The molecule has 2 N–H and O–H groups in total. The Kier molecular flexibility index (Phi) is 3.27. The number of hydrogen-bond acceptors (Lipinski definition) is 2. The zero-order valence-electron chi connectivity index (χ0n) is 12.1. The molecule has 2 nitrogen and oxygen atoms in total. The molecule has 0 aliphatic rings. The molecule has 0 aliphatic carbocycles. The maximum Gasteiger partial charge on any atom is 0.121 e. The first-order chi connectivity index (χ1) is 8.82. The molecule has 0 heterocycles. The molecular weight excluding hydrogens is 236 g/mol. The molecule has 0 aromatic heterocycles. The zero-order valence-corrected chi connectivity index (χ0v) is 12.1. The number of hydrogen-bond donors (Lipinski definition) is 2. The van der Waals surface area contributed by atoms with Crippen LogP contribution in [-0.2, 0) is 0 Å². The number of rotatable bonds is 1. The van der Waals surface area contributed by atoms with E-state index in [2.05, 4.69) is 0 Å². The van der Waals surface area contributed by atoms with Gasteiger partial charge in [-0.15, -0.1) is 0 Å². The third kappa shape index (κ3) is 2.19. The van der Waals surface area contributed by atoms with Crippen molar-refractivity contribution in [2.24, 2.45) is 0 Å². The van der Waals surface area contributed by atoms with Crippen LogP contribution in [0.3, 0.4) is 0 Å². The van der Waals surface area contributed by atoms with Gasteiger partial charge < -0.3 is 10.2 Å². The van der Waals surface area contributed by atoms with Crippen molar-refractivity contribution >= 4 is 0 Å². The van der Waals surface area contributed by atoms with Gasteiger partial charge in [-0.3, -0.25) is 0 Å². The van der Waals surface area contributed by atoms with Gasteiger partial charge in [-0.05, 0) is 91.8 Å². The van der Waals surface area contributed by atoms with Crippen LogP contribution in [0.5, 0.6) is 11.5 Å². The molecule has 0 spiro atoms. The molecule has 0 saturated carbocycles. The Balaban J connectivity index is 2.73. The fraction of sp³-hybridized carbons (Fsp3) is 0.294. The maximum absolute atomic E-state index is 9.97. The highest BCUT2D eigenvalue weighted by molar-refractivity contribution is 5.73. The van der Waals surface area contributed by atoms with E-state index in [1.54, 1.807) is 0 Å². The first kappa shape index (κ1) is 13.5. The van der Waals surface area contributed by atoms with Crippen LogP contribution in [0.4, 0.5) is 0 Å². The number of aromatic hydroxyl groups is 2. The summed E-state index contributed by atoms with van der Waals surface area (Å²) < 4.78 is 0. The predicted octanol–water partition coefficient (Wildman–Crippen LogP) is 4.31. The standard InChI is InChI=1S/C17H20O2/c1-9-6-14(7-10(2)16(9)18)15-8-11(3)17(19)13(5)12(15)4/h6-8,18-19H,1-5H3. The molecule has 0 bridgehead atoms. The predicted molar refractivity (Wildman–Crippen MR) is 78.9 cm³/mol. The van der Waals surface area contributed by atoms with Crippen LogP contribution in [-0.4, -0.2) is 10.2 Å². The summed E-state index contributed by atoms with van der Waals surface area (Å²) in [7, 11) is 0. The fourth-order valence-electron chi connectivity index (χ4n) is 2.48. The van der Waals surface area contributed by atoms with E-state index in [0.29, 0.717) is 11.5 Å². The lowest BCUT2D eigenvalue weighted by molar-refractivity contribution is 0.466. The summed E-state index contributed by atoms with van der Waals surface area (Å²) in [6.07, 6.45) is 0. The SMILES string of the molecule is Cc1cc(-c2cc(C)c(O)c(C)c2C)cc(C)c1O. The van der Waals surface area contributed by atoms with Crippen molar-refractivity contribution in [3.63, 3.8) is 0 Å². The van der Waals surface area contributed by atoms with Crippen molar-refractivity contribution in [1.82, 2.24) is 0 Å². The first-order valence-corrected chi connectivity index (χ1v) is 6.43. The number of phenolic OH excluding ortho intramolecular Hbond substituents is 2. The average Bonchev–Trinajstić information content (AvgIpc) is 2.37. The minimum absolute atomic E-state index is 0.355. The third-order valence-corrected chi connectivity index (χ3v) is 3.86. The molecule has 100 valence electrons. The molecule has 2 rings (SSSR count). The summed E-state index contributed by atoms with van der Waals surface area (Å²) in [4.78, 5) is 0. The van der Waals surface area contributed by atoms with E-state index in [1.165, 1.54) is 0 Å². The molecule has 0 radical (unpaired) electrons. The zero-order chi connectivity index (χ0) is 14.3. The van der Waals surface area contributed by atoms with Crippen molar-refractivity contribution in [2.45, 2.75) is 34.6 Å². The van der Waals surface area contributed by atoms with Crippen molar-refractivity contribution in [3.05, 3.63) is 46.0 Å². The molecule has 2 aromatic rings. The molecule has 0 unspecified atom stereocenters. The van der Waals surface area contributed by atoms with E-state index in [9.17, 15) is 10.2 Å². The smallest absolute Gasteiger partial charge is 0.121 e. The summed E-state index contributed by atoms with van der Waals surface area (Å²) in [5.74, 6) is 0.724. The van der Waals surface area contributed by atoms with Crippen molar-refractivity contribution in [2.75, 3.05) is 0 Å². The van der Waals surface area contributed by atoms with Crippen molar-refractivity contribution in [3.8, 4) is 22.6 Å². The van der Waals surface area contributed by atoms with Gasteiger partial charge in [0.15, 0.2) is 0 Å². The van der Waals surface area contributed by atoms with E-state index in [0.717, 1.165) is 38.9 Å². The summed E-state index contributed by atoms with van der Waals surface area (Å²) >= 11 is 0. The number of phenols is 2. The van der Waals surface area contributed by atoms with Gasteiger partial charge in [0.2, 0.25) is 0 Å².